The number of fused-ring (bicyclic) bond motifs is 6. The molecular formula is C36H44N2O9. The van der Waals surface area contributed by atoms with Gasteiger partial charge in [0.25, 0.3) is 0 Å². The Hall–Kier alpha value is -4.22. The SMILES string of the molecule is COC(=O)C1C2CC3c4[nH]c5cc(OC)ccc5c4CCN3CC2C(C)C(OC(=O)C=Cc2cc(OC)c(OC)c(OC)c2)C1OC. The van der Waals surface area contributed by atoms with E-state index in [0.29, 0.717) is 22.8 Å². The number of nitrogens with one attached hydrogen (secondary N) is 1. The molecule has 7 atom stereocenters. The zero-order valence-electron chi connectivity index (χ0n) is 28.0. The second-order valence-electron chi connectivity index (χ2n) is 12.6. The summed E-state index contributed by atoms with van der Waals surface area (Å²) in [5, 5.41) is 1.21. The van der Waals surface area contributed by atoms with Gasteiger partial charge in [0.1, 0.15) is 18.0 Å². The van der Waals surface area contributed by atoms with E-state index >= 15 is 0 Å². The molecule has 1 N–H and O–H groups in total. The molecule has 1 saturated carbocycles. The van der Waals surface area contributed by atoms with Gasteiger partial charge in [-0.2, -0.15) is 0 Å². The van der Waals surface area contributed by atoms with Gasteiger partial charge in [-0.1, -0.05) is 6.92 Å². The number of methoxy groups -OCH3 is 6. The molecule has 252 valence electrons. The number of hydrogen-bond acceptors (Lipinski definition) is 10. The van der Waals surface area contributed by atoms with Gasteiger partial charge in [-0.3, -0.25) is 9.69 Å². The Kier molecular flexibility index (Phi) is 9.39. The van der Waals surface area contributed by atoms with Gasteiger partial charge in [0, 0.05) is 54.9 Å². The van der Waals surface area contributed by atoms with Gasteiger partial charge in [0.05, 0.1) is 47.5 Å². The van der Waals surface area contributed by atoms with Crippen LogP contribution in [-0.2, 0) is 30.2 Å². The second-order valence-corrected chi connectivity index (χ2v) is 12.6. The number of nitrogens with zero attached hydrogens (tertiary/aromatic N) is 1. The third-order valence-electron chi connectivity index (χ3n) is 10.5. The maximum Gasteiger partial charge on any atom is 0.331 e. The highest BCUT2D eigenvalue weighted by atomic mass is 16.6. The molecule has 2 aliphatic heterocycles. The summed E-state index contributed by atoms with van der Waals surface area (Å²) in [6, 6.07) is 9.78. The zero-order valence-corrected chi connectivity index (χ0v) is 28.0. The van der Waals surface area contributed by atoms with Crippen LogP contribution in [0.2, 0.25) is 0 Å². The van der Waals surface area contributed by atoms with Crippen molar-refractivity contribution in [3.05, 3.63) is 53.2 Å². The van der Waals surface area contributed by atoms with E-state index < -0.39 is 24.1 Å². The van der Waals surface area contributed by atoms with Gasteiger partial charge < -0.3 is 38.1 Å². The first-order chi connectivity index (χ1) is 22.8. The fourth-order valence-electron chi connectivity index (χ4n) is 8.25. The van der Waals surface area contributed by atoms with Crippen molar-refractivity contribution < 1.29 is 42.7 Å². The first kappa shape index (κ1) is 32.7. The van der Waals surface area contributed by atoms with Crippen molar-refractivity contribution in [2.24, 2.45) is 23.7 Å². The van der Waals surface area contributed by atoms with E-state index in [4.69, 9.17) is 33.2 Å². The average Bonchev–Trinajstić information content (AvgIpc) is 3.48. The summed E-state index contributed by atoms with van der Waals surface area (Å²) in [5.74, 6) is 0.721. The van der Waals surface area contributed by atoms with Crippen LogP contribution < -0.4 is 18.9 Å². The van der Waals surface area contributed by atoms with Crippen molar-refractivity contribution >= 4 is 28.9 Å². The lowest BCUT2D eigenvalue weighted by molar-refractivity contribution is -0.199. The molecule has 3 heterocycles. The molecule has 47 heavy (non-hydrogen) atoms. The number of rotatable bonds is 9. The number of ether oxygens (including phenoxy) is 7. The molecule has 11 heteroatoms. The monoisotopic (exact) mass is 648 g/mol. The number of esters is 2. The molecule has 0 bridgehead atoms. The Balaban J connectivity index is 1.27. The van der Waals surface area contributed by atoms with E-state index in [-0.39, 0.29) is 29.8 Å². The first-order valence-electron chi connectivity index (χ1n) is 16.0. The predicted molar refractivity (Wildman–Crippen MR) is 175 cm³/mol. The molecule has 6 rings (SSSR count). The molecular weight excluding hydrogens is 604 g/mol. The van der Waals surface area contributed by atoms with Gasteiger partial charge in [0.2, 0.25) is 5.75 Å². The maximum atomic E-state index is 13.5. The van der Waals surface area contributed by atoms with E-state index in [9.17, 15) is 9.59 Å². The third kappa shape index (κ3) is 5.80. The Morgan fingerprint density at radius 1 is 0.915 bits per heavy atom. The Bertz CT molecular complexity index is 1640. The van der Waals surface area contributed by atoms with Crippen molar-refractivity contribution in [3.63, 3.8) is 0 Å². The van der Waals surface area contributed by atoms with Gasteiger partial charge >= 0.3 is 11.9 Å². The van der Waals surface area contributed by atoms with Crippen LogP contribution in [0.15, 0.2) is 36.4 Å². The fraction of sp³-hybridized carbons (Fsp3) is 0.500. The molecule has 3 aromatic rings. The number of aromatic nitrogens is 1. The van der Waals surface area contributed by atoms with Crippen molar-refractivity contribution in [1.29, 1.82) is 0 Å². The number of hydrogen-bond donors (Lipinski definition) is 1. The minimum absolute atomic E-state index is 0.0275. The molecule has 0 spiro atoms. The minimum Gasteiger partial charge on any atom is -0.497 e. The normalized spacial score (nSPS) is 27.0. The molecule has 11 nitrogen and oxygen atoms in total. The number of piperidine rings is 1. The van der Waals surface area contributed by atoms with Crippen LogP contribution in [0.3, 0.4) is 0 Å². The van der Waals surface area contributed by atoms with Crippen LogP contribution in [0, 0.1) is 23.7 Å². The molecule has 2 aromatic carbocycles. The molecule has 7 unspecified atom stereocenters. The Morgan fingerprint density at radius 3 is 2.30 bits per heavy atom. The molecule has 0 radical (unpaired) electrons. The van der Waals surface area contributed by atoms with Crippen LogP contribution in [0.4, 0.5) is 0 Å². The summed E-state index contributed by atoms with van der Waals surface area (Å²) in [4.78, 5) is 33.0. The fourth-order valence-corrected chi connectivity index (χ4v) is 8.25. The first-order valence-corrected chi connectivity index (χ1v) is 16.0. The highest BCUT2D eigenvalue weighted by Gasteiger charge is 2.57. The summed E-state index contributed by atoms with van der Waals surface area (Å²) < 4.78 is 39.3. The van der Waals surface area contributed by atoms with Crippen molar-refractivity contribution in [2.45, 2.75) is 38.0 Å². The lowest BCUT2D eigenvalue weighted by atomic mass is 9.60. The van der Waals surface area contributed by atoms with Gasteiger partial charge in [-0.05, 0) is 66.1 Å². The molecule has 0 amide bonds. The van der Waals surface area contributed by atoms with Crippen molar-refractivity contribution in [1.82, 2.24) is 9.88 Å². The summed E-state index contributed by atoms with van der Waals surface area (Å²) in [7, 11) is 9.25. The Morgan fingerprint density at radius 2 is 1.66 bits per heavy atom. The minimum atomic E-state index is -0.668. The second kappa shape index (κ2) is 13.5. The highest BCUT2D eigenvalue weighted by Crippen LogP contribution is 2.52. The summed E-state index contributed by atoms with van der Waals surface area (Å²) >= 11 is 0. The summed E-state index contributed by atoms with van der Waals surface area (Å²) in [6.45, 7) is 3.78. The number of carbonyl (C=O) groups is 2. The van der Waals surface area contributed by atoms with Crippen molar-refractivity contribution in [3.8, 4) is 23.0 Å². The predicted octanol–water partition coefficient (Wildman–Crippen LogP) is 4.82. The molecule has 1 aliphatic carbocycles. The van der Waals surface area contributed by atoms with Crippen LogP contribution in [0.25, 0.3) is 17.0 Å². The van der Waals surface area contributed by atoms with E-state index in [2.05, 4.69) is 22.9 Å². The van der Waals surface area contributed by atoms with Crippen LogP contribution in [0.5, 0.6) is 23.0 Å². The Labute approximate surface area is 275 Å². The maximum absolute atomic E-state index is 13.5. The van der Waals surface area contributed by atoms with E-state index in [1.165, 1.54) is 51.2 Å². The highest BCUT2D eigenvalue weighted by molar-refractivity contribution is 5.88. The average molecular weight is 649 g/mol. The van der Waals surface area contributed by atoms with Crippen LogP contribution in [-0.4, -0.2) is 89.8 Å². The summed E-state index contributed by atoms with van der Waals surface area (Å²) in [5.41, 5.74) is 4.26. The van der Waals surface area contributed by atoms with Crippen LogP contribution in [0.1, 0.15) is 36.2 Å². The topological polar surface area (TPSA) is 118 Å². The largest absolute Gasteiger partial charge is 0.497 e. The van der Waals surface area contributed by atoms with E-state index in [0.717, 1.165) is 37.2 Å². The van der Waals surface area contributed by atoms with Crippen LogP contribution >= 0.6 is 0 Å². The van der Waals surface area contributed by atoms with E-state index in [1.807, 2.05) is 12.1 Å². The number of benzene rings is 2. The zero-order chi connectivity index (χ0) is 33.4. The number of H-pyrrole nitrogens is 1. The van der Waals surface area contributed by atoms with Gasteiger partial charge in [0.15, 0.2) is 11.5 Å². The van der Waals surface area contributed by atoms with Crippen molar-refractivity contribution in [2.75, 3.05) is 55.7 Å². The number of carbonyl (C=O) groups excluding carboxylic acids is 2. The molecule has 1 aromatic heterocycles. The smallest absolute Gasteiger partial charge is 0.331 e. The lowest BCUT2D eigenvalue weighted by Crippen LogP contribution is -2.61. The molecule has 2 fully saturated rings. The third-order valence-corrected chi connectivity index (χ3v) is 10.5. The lowest BCUT2D eigenvalue weighted by Gasteiger charge is -2.55. The quantitative estimate of drug-likeness (QED) is 0.256. The standard InChI is InChI=1S/C36H44N2O9/c1-19-25-18-38-13-12-23-22-10-9-21(41-2)16-26(22)37-32(23)27(38)17-24(25)31(36(40)46-7)35(45-6)33(19)47-30(39)11-8-20-14-28(42-3)34(44-5)29(15-20)43-4/h8-11,14-16,19,24-25,27,31,33,35,37H,12-13,17-18H2,1-7H3. The molecule has 1 saturated heterocycles. The van der Waals surface area contributed by atoms with E-state index in [1.54, 1.807) is 32.4 Å². The number of aromatic amines is 1. The van der Waals surface area contributed by atoms with Gasteiger partial charge in [-0.25, -0.2) is 4.79 Å². The summed E-state index contributed by atoms with van der Waals surface area (Å²) in [6.07, 6.45) is 3.36. The van der Waals surface area contributed by atoms with Gasteiger partial charge in [-0.15, -0.1) is 0 Å². The molecule has 3 aliphatic rings.